The highest BCUT2D eigenvalue weighted by Crippen LogP contribution is 2.18. The third-order valence-corrected chi connectivity index (χ3v) is 6.19. The van der Waals surface area contributed by atoms with Gasteiger partial charge in [0.15, 0.2) is 9.84 Å². The number of hydrogen-bond acceptors (Lipinski definition) is 6. The molecule has 1 aliphatic rings. The lowest BCUT2D eigenvalue weighted by atomic mass is 10.1. The number of rotatable bonds is 4. The highest BCUT2D eigenvalue weighted by atomic mass is 32.2. The molecule has 0 aliphatic carbocycles. The van der Waals surface area contributed by atoms with Crippen LogP contribution in [0.15, 0.2) is 24.3 Å². The second-order valence-corrected chi connectivity index (χ2v) is 8.91. The number of aromatic nitrogens is 2. The zero-order chi connectivity index (χ0) is 18.9. The zero-order valence-corrected chi connectivity index (χ0v) is 15.9. The van der Waals surface area contributed by atoms with Gasteiger partial charge in [-0.1, -0.05) is 6.07 Å². The smallest absolute Gasteiger partial charge is 0.274 e. The van der Waals surface area contributed by atoms with Gasteiger partial charge in [-0.3, -0.25) is 4.79 Å². The van der Waals surface area contributed by atoms with Crippen LogP contribution in [0.1, 0.15) is 33.9 Å². The van der Waals surface area contributed by atoms with Gasteiger partial charge >= 0.3 is 0 Å². The molecule has 1 aromatic carbocycles. The Kier molecular flexibility index (Phi) is 4.95. The molecule has 0 bridgehead atoms. The van der Waals surface area contributed by atoms with Crippen molar-refractivity contribution in [3.05, 3.63) is 46.9 Å². The van der Waals surface area contributed by atoms with Crippen LogP contribution in [0.5, 0.6) is 0 Å². The third kappa shape index (κ3) is 4.37. The van der Waals surface area contributed by atoms with Crippen LogP contribution in [0.3, 0.4) is 0 Å². The average Bonchev–Trinajstić information content (AvgIpc) is 2.89. The Hall–Kier alpha value is -2.48. The summed E-state index contributed by atoms with van der Waals surface area (Å²) in [7, 11) is -2.99. The summed E-state index contributed by atoms with van der Waals surface area (Å²) >= 11 is 0. The molecule has 0 spiro atoms. The third-order valence-electron chi connectivity index (χ3n) is 4.42. The highest BCUT2D eigenvalue weighted by molar-refractivity contribution is 7.91. The van der Waals surface area contributed by atoms with Gasteiger partial charge in [-0.15, -0.1) is 0 Å². The molecule has 0 radical (unpaired) electrons. The van der Waals surface area contributed by atoms with Gasteiger partial charge in [0.2, 0.25) is 0 Å². The van der Waals surface area contributed by atoms with Crippen LogP contribution in [-0.2, 0) is 9.84 Å². The Morgan fingerprint density at radius 1 is 1.12 bits per heavy atom. The van der Waals surface area contributed by atoms with Crippen molar-refractivity contribution in [3.63, 3.8) is 0 Å². The SMILES string of the molecule is Cc1nc(NC2CCS(=O)(=O)C2)cc(C(=O)Nc2ccc(C)c(C)c2)n1. The lowest BCUT2D eigenvalue weighted by Gasteiger charge is -2.13. The largest absolute Gasteiger partial charge is 0.366 e. The summed E-state index contributed by atoms with van der Waals surface area (Å²) in [5.41, 5.74) is 3.18. The maximum atomic E-state index is 12.5. The molecular formula is C18H22N4O3S. The summed E-state index contributed by atoms with van der Waals surface area (Å²) in [5.74, 6) is 0.835. The Morgan fingerprint density at radius 3 is 2.54 bits per heavy atom. The van der Waals surface area contributed by atoms with E-state index in [1.165, 1.54) is 0 Å². The molecule has 1 atom stereocenters. The first-order valence-corrected chi connectivity index (χ1v) is 10.3. The standard InChI is InChI=1S/C18H22N4O3S/c1-11-4-5-14(8-12(11)2)22-18(23)16-9-17(20-13(3)19-16)21-15-6-7-26(24,25)10-15/h4-5,8-9,15H,6-7,10H2,1-3H3,(H,22,23)(H,19,20,21). The summed E-state index contributed by atoms with van der Waals surface area (Å²) in [6, 6.07) is 7.06. The first kappa shape index (κ1) is 18.3. The number of amides is 1. The van der Waals surface area contributed by atoms with Crippen LogP contribution >= 0.6 is 0 Å². The topological polar surface area (TPSA) is 101 Å². The van der Waals surface area contributed by atoms with Crippen LogP contribution in [-0.4, -0.2) is 41.8 Å². The fraction of sp³-hybridized carbons (Fsp3) is 0.389. The van der Waals surface area contributed by atoms with Gasteiger partial charge < -0.3 is 10.6 Å². The van der Waals surface area contributed by atoms with E-state index in [0.717, 1.165) is 11.1 Å². The lowest BCUT2D eigenvalue weighted by molar-refractivity contribution is 0.102. The van der Waals surface area contributed by atoms with Crippen molar-refractivity contribution in [3.8, 4) is 0 Å². The van der Waals surface area contributed by atoms with Crippen molar-refractivity contribution in [2.75, 3.05) is 22.1 Å². The van der Waals surface area contributed by atoms with E-state index in [0.29, 0.717) is 23.8 Å². The van der Waals surface area contributed by atoms with E-state index in [2.05, 4.69) is 20.6 Å². The summed E-state index contributed by atoms with van der Waals surface area (Å²) in [4.78, 5) is 21.0. The second kappa shape index (κ2) is 7.03. The monoisotopic (exact) mass is 374 g/mol. The molecule has 1 saturated heterocycles. The maximum Gasteiger partial charge on any atom is 0.274 e. The van der Waals surface area contributed by atoms with Gasteiger partial charge in [0.05, 0.1) is 11.5 Å². The van der Waals surface area contributed by atoms with Crippen molar-refractivity contribution in [1.29, 1.82) is 0 Å². The zero-order valence-electron chi connectivity index (χ0n) is 15.0. The highest BCUT2D eigenvalue weighted by Gasteiger charge is 2.28. The van der Waals surface area contributed by atoms with Crippen molar-refractivity contribution < 1.29 is 13.2 Å². The molecule has 7 nitrogen and oxygen atoms in total. The second-order valence-electron chi connectivity index (χ2n) is 6.68. The minimum absolute atomic E-state index is 0.0836. The Bertz CT molecular complexity index is 957. The van der Waals surface area contributed by atoms with Crippen LogP contribution < -0.4 is 10.6 Å². The molecule has 2 heterocycles. The van der Waals surface area contributed by atoms with Gasteiger partial charge in [0.25, 0.3) is 5.91 Å². The van der Waals surface area contributed by atoms with Gasteiger partial charge in [0.1, 0.15) is 17.3 Å². The van der Waals surface area contributed by atoms with E-state index in [1.807, 2.05) is 32.0 Å². The van der Waals surface area contributed by atoms with E-state index in [4.69, 9.17) is 0 Å². The number of carbonyl (C=O) groups is 1. The number of carbonyl (C=O) groups excluding carboxylic acids is 1. The molecule has 3 rings (SSSR count). The van der Waals surface area contributed by atoms with Crippen LogP contribution in [0.4, 0.5) is 11.5 Å². The molecule has 138 valence electrons. The molecule has 1 unspecified atom stereocenters. The van der Waals surface area contributed by atoms with Crippen molar-refractivity contribution in [2.24, 2.45) is 0 Å². The normalized spacial score (nSPS) is 18.5. The number of anilines is 2. The van der Waals surface area contributed by atoms with E-state index in [-0.39, 0.29) is 29.1 Å². The maximum absolute atomic E-state index is 12.5. The summed E-state index contributed by atoms with van der Waals surface area (Å²) in [6.07, 6.45) is 0.537. The summed E-state index contributed by atoms with van der Waals surface area (Å²) in [6.45, 7) is 5.69. The summed E-state index contributed by atoms with van der Waals surface area (Å²) in [5, 5.41) is 5.94. The van der Waals surface area contributed by atoms with Gasteiger partial charge in [-0.05, 0) is 50.5 Å². The molecular weight excluding hydrogens is 352 g/mol. The number of nitrogens with zero attached hydrogens (tertiary/aromatic N) is 2. The van der Waals surface area contributed by atoms with E-state index in [1.54, 1.807) is 13.0 Å². The Balaban J connectivity index is 1.76. The fourth-order valence-electron chi connectivity index (χ4n) is 2.89. The Labute approximate surface area is 153 Å². The minimum atomic E-state index is -2.99. The number of sulfone groups is 1. The van der Waals surface area contributed by atoms with E-state index >= 15 is 0 Å². The average molecular weight is 374 g/mol. The van der Waals surface area contributed by atoms with Crippen molar-refractivity contribution >= 4 is 27.2 Å². The first-order valence-electron chi connectivity index (χ1n) is 8.43. The number of hydrogen-bond donors (Lipinski definition) is 2. The van der Waals surface area contributed by atoms with Crippen LogP contribution in [0.2, 0.25) is 0 Å². The quantitative estimate of drug-likeness (QED) is 0.851. The molecule has 2 N–H and O–H groups in total. The van der Waals surface area contributed by atoms with E-state index < -0.39 is 9.84 Å². The molecule has 2 aromatic rings. The molecule has 1 aromatic heterocycles. The predicted octanol–water partition coefficient (Wildman–Crippen LogP) is 2.25. The van der Waals surface area contributed by atoms with Gasteiger partial charge in [-0.2, -0.15) is 0 Å². The van der Waals surface area contributed by atoms with Crippen molar-refractivity contribution in [2.45, 2.75) is 33.2 Å². The summed E-state index contributed by atoms with van der Waals surface area (Å²) < 4.78 is 23.2. The molecule has 0 saturated carbocycles. The van der Waals surface area contributed by atoms with Crippen molar-refractivity contribution in [1.82, 2.24) is 9.97 Å². The Morgan fingerprint density at radius 2 is 1.88 bits per heavy atom. The van der Waals surface area contributed by atoms with Gasteiger partial charge in [0, 0.05) is 17.8 Å². The molecule has 1 amide bonds. The number of aryl methyl sites for hydroxylation is 3. The van der Waals surface area contributed by atoms with E-state index in [9.17, 15) is 13.2 Å². The molecule has 26 heavy (non-hydrogen) atoms. The van der Waals surface area contributed by atoms with Gasteiger partial charge in [-0.25, -0.2) is 18.4 Å². The lowest BCUT2D eigenvalue weighted by Crippen LogP contribution is -2.22. The first-order chi connectivity index (χ1) is 12.2. The minimum Gasteiger partial charge on any atom is -0.366 e. The predicted molar refractivity (Wildman–Crippen MR) is 101 cm³/mol. The molecule has 1 aliphatic heterocycles. The number of benzene rings is 1. The molecule has 8 heteroatoms. The fourth-order valence-corrected chi connectivity index (χ4v) is 4.56. The van der Waals surface area contributed by atoms with Crippen LogP contribution in [0.25, 0.3) is 0 Å². The number of nitrogens with one attached hydrogen (secondary N) is 2. The molecule has 1 fully saturated rings. The van der Waals surface area contributed by atoms with Crippen LogP contribution in [0, 0.1) is 20.8 Å².